The minimum Gasteiger partial charge on any atom is -0.456 e. The van der Waals surface area contributed by atoms with Gasteiger partial charge in [-0.05, 0) is 12.2 Å². The number of thioether (sulfide) groups is 1. The minimum atomic E-state index is -0.135. The second-order valence-electron chi connectivity index (χ2n) is 9.90. The van der Waals surface area contributed by atoms with Crippen LogP contribution in [0.3, 0.4) is 0 Å². The number of quaternary nitrogens is 1. The van der Waals surface area contributed by atoms with E-state index < -0.39 is 0 Å². The topological polar surface area (TPSA) is 38.3 Å². The molecule has 0 aromatic carbocycles. The lowest BCUT2D eigenvalue weighted by molar-refractivity contribution is -0.913. The van der Waals surface area contributed by atoms with Crippen LogP contribution in [-0.4, -0.2) is 67.8 Å². The molecule has 1 fully saturated rings. The van der Waals surface area contributed by atoms with Gasteiger partial charge in [-0.1, -0.05) is 90.4 Å². The van der Waals surface area contributed by atoms with Crippen molar-refractivity contribution >= 4 is 17.7 Å². The highest BCUT2D eigenvalue weighted by molar-refractivity contribution is 7.99. The summed E-state index contributed by atoms with van der Waals surface area (Å²) < 4.78 is 6.66. The van der Waals surface area contributed by atoms with Crippen LogP contribution >= 0.6 is 11.8 Å². The van der Waals surface area contributed by atoms with Gasteiger partial charge in [-0.15, -0.1) is 0 Å². The van der Waals surface area contributed by atoms with Crippen molar-refractivity contribution in [3.63, 3.8) is 0 Å². The van der Waals surface area contributed by atoms with E-state index in [-0.39, 0.29) is 12.1 Å². The van der Waals surface area contributed by atoms with Gasteiger partial charge < -0.3 is 14.5 Å². The molecule has 1 rings (SSSR count). The molecule has 0 amide bonds. The van der Waals surface area contributed by atoms with Crippen LogP contribution in [0.4, 0.5) is 0 Å². The Balaban J connectivity index is 1.94. The monoisotopic (exact) mass is 457 g/mol. The summed E-state index contributed by atoms with van der Waals surface area (Å²) in [6.45, 7) is 9.17. The summed E-state index contributed by atoms with van der Waals surface area (Å²) in [5.41, 5.74) is 0. The number of hydrogen-bond acceptors (Lipinski definition) is 4. The summed E-state index contributed by atoms with van der Waals surface area (Å²) >= 11 is 1.97. The van der Waals surface area contributed by atoms with E-state index in [9.17, 15) is 4.79 Å². The van der Waals surface area contributed by atoms with Crippen LogP contribution in [0.2, 0.25) is 0 Å². The van der Waals surface area contributed by atoms with E-state index in [1.54, 1.807) is 6.92 Å². The van der Waals surface area contributed by atoms with Gasteiger partial charge in [0, 0.05) is 25.8 Å². The van der Waals surface area contributed by atoms with Crippen molar-refractivity contribution in [2.45, 2.75) is 110 Å². The molecule has 0 aromatic heterocycles. The number of piperazine rings is 1. The second kappa shape index (κ2) is 19.2. The number of ether oxygens (including phenoxy) is 1. The molecular weight excluding hydrogens is 404 g/mol. The van der Waals surface area contributed by atoms with E-state index in [2.05, 4.69) is 19.3 Å². The van der Waals surface area contributed by atoms with Crippen LogP contribution in [0.25, 0.3) is 0 Å². The minimum absolute atomic E-state index is 0.0530. The standard InChI is InChI=1S/C26H53N2O2S/c1-4-5-6-7-8-9-10-11-12-13-14-15-16-17-22-31-24-26(30-25(2)29)23-28(3)20-18-27-19-21-28/h26-27H,4-24H2,1-3H3/q+1. The summed E-state index contributed by atoms with van der Waals surface area (Å²) in [6, 6.07) is 0. The fourth-order valence-corrected chi connectivity index (χ4v) is 5.59. The van der Waals surface area contributed by atoms with Gasteiger partial charge in [0.25, 0.3) is 0 Å². The number of esters is 1. The predicted octanol–water partition coefficient (Wildman–Crippen LogP) is 6.18. The Morgan fingerprint density at radius 1 is 0.871 bits per heavy atom. The van der Waals surface area contributed by atoms with E-state index >= 15 is 0 Å². The molecule has 5 heteroatoms. The van der Waals surface area contributed by atoms with Crippen LogP contribution in [0.15, 0.2) is 0 Å². The average Bonchev–Trinajstić information content (AvgIpc) is 2.73. The predicted molar refractivity (Wildman–Crippen MR) is 137 cm³/mol. The molecule has 0 saturated carbocycles. The Morgan fingerprint density at radius 3 is 1.84 bits per heavy atom. The normalized spacial score (nSPS) is 16.9. The third-order valence-electron chi connectivity index (χ3n) is 6.58. The average molecular weight is 458 g/mol. The lowest BCUT2D eigenvalue weighted by Crippen LogP contribution is -2.59. The molecule has 1 aliphatic heterocycles. The lowest BCUT2D eigenvalue weighted by atomic mass is 10.0. The SMILES string of the molecule is CCCCCCCCCCCCCCCCSCC(C[N+]1(C)CCNCC1)OC(C)=O. The van der Waals surface area contributed by atoms with Crippen molar-refractivity contribution in [1.82, 2.24) is 5.32 Å². The first-order chi connectivity index (χ1) is 15.1. The van der Waals surface area contributed by atoms with Crippen molar-refractivity contribution < 1.29 is 14.0 Å². The summed E-state index contributed by atoms with van der Waals surface area (Å²) in [6.07, 6.45) is 19.8. The molecule has 184 valence electrons. The number of hydrogen-bond donors (Lipinski definition) is 1. The highest BCUT2D eigenvalue weighted by Gasteiger charge is 2.29. The van der Waals surface area contributed by atoms with E-state index in [0.29, 0.717) is 0 Å². The quantitative estimate of drug-likeness (QED) is 0.134. The van der Waals surface area contributed by atoms with Gasteiger partial charge in [0.1, 0.15) is 6.54 Å². The highest BCUT2D eigenvalue weighted by Crippen LogP contribution is 2.16. The Morgan fingerprint density at radius 2 is 1.35 bits per heavy atom. The van der Waals surface area contributed by atoms with E-state index in [4.69, 9.17) is 4.74 Å². The molecule has 0 radical (unpaired) electrons. The van der Waals surface area contributed by atoms with Crippen molar-refractivity contribution in [1.29, 1.82) is 0 Å². The van der Waals surface area contributed by atoms with E-state index in [1.807, 2.05) is 11.8 Å². The molecular formula is C26H53N2O2S+. The Hall–Kier alpha value is -0.260. The molecule has 0 aliphatic carbocycles. The van der Waals surface area contributed by atoms with Gasteiger partial charge >= 0.3 is 5.97 Å². The Kier molecular flexibility index (Phi) is 17.8. The second-order valence-corrected chi connectivity index (χ2v) is 11.1. The molecule has 0 bridgehead atoms. The summed E-state index contributed by atoms with van der Waals surface area (Å²) in [7, 11) is 2.30. The summed E-state index contributed by atoms with van der Waals surface area (Å²) in [4.78, 5) is 11.5. The molecule has 0 spiro atoms. The number of carbonyl (C=O) groups excluding carboxylic acids is 1. The zero-order chi connectivity index (χ0) is 22.6. The van der Waals surface area contributed by atoms with Crippen LogP contribution < -0.4 is 5.32 Å². The van der Waals surface area contributed by atoms with Gasteiger partial charge in [0.05, 0.1) is 20.1 Å². The van der Waals surface area contributed by atoms with E-state index in [0.717, 1.165) is 43.0 Å². The molecule has 1 N–H and O–H groups in total. The lowest BCUT2D eigenvalue weighted by Gasteiger charge is -2.40. The fourth-order valence-electron chi connectivity index (χ4n) is 4.58. The first kappa shape index (κ1) is 28.8. The maximum atomic E-state index is 11.5. The smallest absolute Gasteiger partial charge is 0.303 e. The fraction of sp³-hybridized carbons (Fsp3) is 0.962. The Labute approximate surface area is 198 Å². The van der Waals surface area contributed by atoms with Gasteiger partial charge in [0.15, 0.2) is 6.10 Å². The number of likely N-dealkylation sites (N-methyl/N-ethyl adjacent to an activating group) is 1. The van der Waals surface area contributed by atoms with Gasteiger partial charge in [0.2, 0.25) is 0 Å². The third-order valence-corrected chi connectivity index (χ3v) is 7.76. The van der Waals surface area contributed by atoms with Crippen LogP contribution in [0.1, 0.15) is 104 Å². The maximum absolute atomic E-state index is 11.5. The largest absolute Gasteiger partial charge is 0.456 e. The molecule has 0 aromatic rings. The number of nitrogens with zero attached hydrogens (tertiary/aromatic N) is 1. The zero-order valence-electron chi connectivity index (χ0n) is 21.1. The maximum Gasteiger partial charge on any atom is 0.303 e. The third kappa shape index (κ3) is 17.0. The highest BCUT2D eigenvalue weighted by atomic mass is 32.2. The first-order valence-corrected chi connectivity index (χ1v) is 14.5. The van der Waals surface area contributed by atoms with Gasteiger partial charge in [-0.2, -0.15) is 11.8 Å². The Bertz CT molecular complexity index is 428. The van der Waals surface area contributed by atoms with Gasteiger partial charge in [-0.25, -0.2) is 0 Å². The molecule has 1 atom stereocenters. The molecule has 1 heterocycles. The molecule has 4 nitrogen and oxygen atoms in total. The molecule has 31 heavy (non-hydrogen) atoms. The number of carbonyl (C=O) groups is 1. The molecule has 1 aliphatic rings. The van der Waals surface area contributed by atoms with Crippen LogP contribution in [-0.2, 0) is 9.53 Å². The van der Waals surface area contributed by atoms with Crippen molar-refractivity contribution in [2.75, 3.05) is 51.3 Å². The molecule has 1 saturated heterocycles. The van der Waals surface area contributed by atoms with Crippen molar-refractivity contribution in [3.8, 4) is 0 Å². The van der Waals surface area contributed by atoms with Crippen molar-refractivity contribution in [3.05, 3.63) is 0 Å². The van der Waals surface area contributed by atoms with Crippen LogP contribution in [0.5, 0.6) is 0 Å². The van der Waals surface area contributed by atoms with Crippen molar-refractivity contribution in [2.24, 2.45) is 0 Å². The molecule has 1 unspecified atom stereocenters. The number of rotatable bonds is 20. The zero-order valence-corrected chi connectivity index (χ0v) is 21.9. The first-order valence-electron chi connectivity index (χ1n) is 13.3. The van der Waals surface area contributed by atoms with Gasteiger partial charge in [-0.3, -0.25) is 4.79 Å². The number of unbranched alkanes of at least 4 members (excludes halogenated alkanes) is 13. The summed E-state index contributed by atoms with van der Waals surface area (Å²) in [5, 5.41) is 3.43. The summed E-state index contributed by atoms with van der Waals surface area (Å²) in [5.74, 6) is 2.00. The number of nitrogens with one attached hydrogen (secondary N) is 1. The van der Waals surface area contributed by atoms with E-state index in [1.165, 1.54) is 95.6 Å². The van der Waals surface area contributed by atoms with Crippen LogP contribution in [0, 0.1) is 0 Å².